The summed E-state index contributed by atoms with van der Waals surface area (Å²) in [7, 11) is 0. The van der Waals surface area contributed by atoms with Gasteiger partial charge in [-0.15, -0.1) is 0 Å². The molecule has 0 aliphatic carbocycles. The van der Waals surface area contributed by atoms with Crippen molar-refractivity contribution in [3.8, 4) is 22.6 Å². The minimum absolute atomic E-state index is 0.0689. The number of nitrogens with zero attached hydrogens (tertiary/aromatic N) is 1. The highest BCUT2D eigenvalue weighted by atomic mass is 16.5. The zero-order valence-corrected chi connectivity index (χ0v) is 24.4. The van der Waals surface area contributed by atoms with E-state index >= 15 is 0 Å². The van der Waals surface area contributed by atoms with Crippen LogP contribution in [-0.2, 0) is 22.7 Å². The SMILES string of the molecule is NCCNC(=O)c1ccccc1-c1ccc(CN(C(=O)COCc2ccccc2)c2ccc(Oc3ccccc3)cc2)cc1. The largest absolute Gasteiger partial charge is 0.457 e. The van der Waals surface area contributed by atoms with E-state index < -0.39 is 0 Å². The molecule has 0 spiro atoms. The molecule has 0 atom stereocenters. The van der Waals surface area contributed by atoms with Gasteiger partial charge in [-0.25, -0.2) is 0 Å². The van der Waals surface area contributed by atoms with Crippen molar-refractivity contribution in [1.29, 1.82) is 0 Å². The van der Waals surface area contributed by atoms with Gasteiger partial charge in [-0.2, -0.15) is 0 Å². The zero-order valence-electron chi connectivity index (χ0n) is 24.4. The fourth-order valence-corrected chi connectivity index (χ4v) is 4.74. The molecule has 0 radical (unpaired) electrons. The lowest BCUT2D eigenvalue weighted by atomic mass is 9.98. The van der Waals surface area contributed by atoms with Crippen molar-refractivity contribution in [2.45, 2.75) is 13.2 Å². The number of para-hydroxylation sites is 1. The van der Waals surface area contributed by atoms with Gasteiger partial charge in [0.25, 0.3) is 11.8 Å². The molecule has 0 bridgehead atoms. The summed E-state index contributed by atoms with van der Waals surface area (Å²) in [6.07, 6.45) is 0. The van der Waals surface area contributed by atoms with E-state index in [1.165, 1.54) is 0 Å². The van der Waals surface area contributed by atoms with E-state index in [1.54, 1.807) is 11.0 Å². The van der Waals surface area contributed by atoms with Gasteiger partial charge in [-0.05, 0) is 64.7 Å². The molecule has 7 heteroatoms. The second-order valence-electron chi connectivity index (χ2n) is 10.2. The molecule has 0 aliphatic heterocycles. The molecule has 0 heterocycles. The Balaban J connectivity index is 1.34. The number of carbonyl (C=O) groups excluding carboxylic acids is 2. The fraction of sp³-hybridized carbons (Fsp3) is 0.135. The van der Waals surface area contributed by atoms with Gasteiger partial charge >= 0.3 is 0 Å². The van der Waals surface area contributed by atoms with Crippen LogP contribution in [0.25, 0.3) is 11.1 Å². The van der Waals surface area contributed by atoms with Crippen LogP contribution >= 0.6 is 0 Å². The molecule has 0 unspecified atom stereocenters. The summed E-state index contributed by atoms with van der Waals surface area (Å²) in [5, 5.41) is 2.84. The maximum absolute atomic E-state index is 13.5. The number of nitrogens with two attached hydrogens (primary N) is 1. The summed E-state index contributed by atoms with van der Waals surface area (Å²) in [4.78, 5) is 27.9. The second-order valence-corrected chi connectivity index (χ2v) is 10.2. The lowest BCUT2D eigenvalue weighted by Gasteiger charge is -2.24. The van der Waals surface area contributed by atoms with Crippen LogP contribution in [0.4, 0.5) is 5.69 Å². The van der Waals surface area contributed by atoms with Gasteiger partial charge in [0.15, 0.2) is 0 Å². The highest BCUT2D eigenvalue weighted by Gasteiger charge is 2.18. The lowest BCUT2D eigenvalue weighted by molar-refractivity contribution is -0.123. The number of carbonyl (C=O) groups is 2. The van der Waals surface area contributed by atoms with Gasteiger partial charge in [0.1, 0.15) is 18.1 Å². The third kappa shape index (κ3) is 8.19. The quantitative estimate of drug-likeness (QED) is 0.163. The molecule has 0 fully saturated rings. The van der Waals surface area contributed by atoms with Crippen molar-refractivity contribution in [1.82, 2.24) is 5.32 Å². The molecule has 0 saturated heterocycles. The fourth-order valence-electron chi connectivity index (χ4n) is 4.74. The second kappa shape index (κ2) is 15.3. The molecular weight excluding hydrogens is 550 g/mol. The number of amides is 2. The third-order valence-corrected chi connectivity index (χ3v) is 6.97. The van der Waals surface area contributed by atoms with Crippen LogP contribution in [0.1, 0.15) is 21.5 Å². The summed E-state index contributed by atoms with van der Waals surface area (Å²) in [6.45, 7) is 1.39. The number of hydrogen-bond donors (Lipinski definition) is 2. The molecule has 5 rings (SSSR count). The van der Waals surface area contributed by atoms with E-state index in [1.807, 2.05) is 127 Å². The Hall–Kier alpha value is -5.24. The first-order valence-corrected chi connectivity index (χ1v) is 14.5. The van der Waals surface area contributed by atoms with Crippen LogP contribution in [-0.4, -0.2) is 31.5 Å². The first-order valence-electron chi connectivity index (χ1n) is 14.5. The predicted octanol–water partition coefficient (Wildman–Crippen LogP) is 6.58. The van der Waals surface area contributed by atoms with Gasteiger partial charge in [0.05, 0.1) is 13.2 Å². The van der Waals surface area contributed by atoms with Crippen LogP contribution in [0.2, 0.25) is 0 Å². The first kappa shape index (κ1) is 30.2. The van der Waals surface area contributed by atoms with Crippen molar-refractivity contribution < 1.29 is 19.1 Å². The molecule has 5 aromatic carbocycles. The zero-order chi connectivity index (χ0) is 30.6. The summed E-state index contributed by atoms with van der Waals surface area (Å²) < 4.78 is 11.7. The molecule has 2 amide bonds. The van der Waals surface area contributed by atoms with Gasteiger partial charge < -0.3 is 25.4 Å². The maximum atomic E-state index is 13.5. The Labute approximate surface area is 257 Å². The number of benzene rings is 5. The smallest absolute Gasteiger partial charge is 0.253 e. The maximum Gasteiger partial charge on any atom is 0.253 e. The van der Waals surface area contributed by atoms with Gasteiger partial charge in [-0.3, -0.25) is 9.59 Å². The third-order valence-electron chi connectivity index (χ3n) is 6.97. The van der Waals surface area contributed by atoms with Crippen molar-refractivity contribution in [2.75, 3.05) is 24.6 Å². The normalized spacial score (nSPS) is 10.7. The van der Waals surface area contributed by atoms with Crippen LogP contribution in [0, 0.1) is 0 Å². The minimum Gasteiger partial charge on any atom is -0.457 e. The van der Waals surface area contributed by atoms with Crippen molar-refractivity contribution >= 4 is 17.5 Å². The Morgan fingerprint density at radius 2 is 1.32 bits per heavy atom. The van der Waals surface area contributed by atoms with E-state index in [4.69, 9.17) is 15.2 Å². The molecule has 0 saturated carbocycles. The standard InChI is InChI=1S/C37H35N3O4/c38-23-24-39-37(42)35-14-8-7-13-34(35)30-17-15-28(16-18-30)25-40(36(41)27-43-26-29-9-3-1-4-10-29)31-19-21-33(22-20-31)44-32-11-5-2-6-12-32/h1-22H,23-27,38H2,(H,39,42). The summed E-state index contributed by atoms with van der Waals surface area (Å²) >= 11 is 0. The topological polar surface area (TPSA) is 93.9 Å². The molecule has 0 aromatic heterocycles. The van der Waals surface area contributed by atoms with Crippen LogP contribution in [0.3, 0.4) is 0 Å². The van der Waals surface area contributed by atoms with E-state index in [9.17, 15) is 9.59 Å². The molecule has 7 nitrogen and oxygen atoms in total. The van der Waals surface area contributed by atoms with Crippen molar-refractivity contribution in [2.24, 2.45) is 5.73 Å². The predicted molar refractivity (Wildman–Crippen MR) is 174 cm³/mol. The Morgan fingerprint density at radius 1 is 0.682 bits per heavy atom. The molecule has 222 valence electrons. The van der Waals surface area contributed by atoms with E-state index in [-0.39, 0.29) is 18.4 Å². The van der Waals surface area contributed by atoms with Crippen LogP contribution in [0.15, 0.2) is 133 Å². The Morgan fingerprint density at radius 3 is 2.02 bits per heavy atom. The van der Waals surface area contributed by atoms with E-state index in [0.717, 1.165) is 33.7 Å². The molecule has 5 aromatic rings. The number of anilines is 1. The Bertz CT molecular complexity index is 1640. The summed E-state index contributed by atoms with van der Waals surface area (Å²) in [6, 6.07) is 42.1. The number of hydrogen-bond acceptors (Lipinski definition) is 5. The molecular formula is C37H35N3O4. The molecule has 44 heavy (non-hydrogen) atoms. The van der Waals surface area contributed by atoms with Crippen molar-refractivity contribution in [3.05, 3.63) is 150 Å². The number of nitrogens with one attached hydrogen (secondary N) is 1. The monoisotopic (exact) mass is 585 g/mol. The molecule has 3 N–H and O–H groups in total. The van der Waals surface area contributed by atoms with Gasteiger partial charge in [0, 0.05) is 24.3 Å². The average Bonchev–Trinajstić information content (AvgIpc) is 3.08. The average molecular weight is 586 g/mol. The number of ether oxygens (including phenoxy) is 2. The van der Waals surface area contributed by atoms with Crippen molar-refractivity contribution in [3.63, 3.8) is 0 Å². The lowest BCUT2D eigenvalue weighted by Crippen LogP contribution is -2.33. The van der Waals surface area contributed by atoms with E-state index in [2.05, 4.69) is 5.32 Å². The number of rotatable bonds is 13. The Kier molecular flexibility index (Phi) is 10.5. The van der Waals surface area contributed by atoms with E-state index in [0.29, 0.717) is 37.6 Å². The van der Waals surface area contributed by atoms with Crippen LogP contribution in [0.5, 0.6) is 11.5 Å². The summed E-state index contributed by atoms with van der Waals surface area (Å²) in [5.74, 6) is 1.08. The molecule has 0 aliphatic rings. The highest BCUT2D eigenvalue weighted by Crippen LogP contribution is 2.27. The van der Waals surface area contributed by atoms with Gasteiger partial charge in [-0.1, -0.05) is 91.0 Å². The summed E-state index contributed by atoms with van der Waals surface area (Å²) in [5.41, 5.74) is 10.5. The van der Waals surface area contributed by atoms with Gasteiger partial charge in [0.2, 0.25) is 0 Å². The van der Waals surface area contributed by atoms with Crippen LogP contribution < -0.4 is 20.7 Å². The highest BCUT2D eigenvalue weighted by molar-refractivity contribution is 6.01. The minimum atomic E-state index is -0.165. The first-order chi connectivity index (χ1) is 21.6.